The van der Waals surface area contributed by atoms with Crippen LogP contribution in [0.2, 0.25) is 5.02 Å². The molecule has 158 valence electrons. The number of carbonyl (C=O) groups is 1. The Balaban J connectivity index is 1.81. The maximum Gasteiger partial charge on any atom is 0.220 e. The molecular formula is C22H36ClN3O2. The van der Waals surface area contributed by atoms with E-state index in [0.717, 1.165) is 50.5 Å². The summed E-state index contributed by atoms with van der Waals surface area (Å²) in [6.45, 7) is 7.14. The summed E-state index contributed by atoms with van der Waals surface area (Å²) in [5.41, 5.74) is 1.25. The summed E-state index contributed by atoms with van der Waals surface area (Å²) in [6.07, 6.45) is 3.52. The van der Waals surface area contributed by atoms with E-state index >= 15 is 0 Å². The van der Waals surface area contributed by atoms with Crippen LogP contribution in [0.15, 0.2) is 24.3 Å². The molecule has 2 atom stereocenters. The molecule has 0 radical (unpaired) electrons. The van der Waals surface area contributed by atoms with Gasteiger partial charge in [0.05, 0.1) is 0 Å². The van der Waals surface area contributed by atoms with Crippen molar-refractivity contribution in [3.8, 4) is 0 Å². The van der Waals surface area contributed by atoms with Crippen LogP contribution in [0.25, 0.3) is 0 Å². The zero-order valence-electron chi connectivity index (χ0n) is 17.6. The van der Waals surface area contributed by atoms with Gasteiger partial charge in [0, 0.05) is 50.3 Å². The van der Waals surface area contributed by atoms with E-state index < -0.39 is 0 Å². The monoisotopic (exact) mass is 409 g/mol. The van der Waals surface area contributed by atoms with E-state index in [1.807, 2.05) is 25.1 Å². The van der Waals surface area contributed by atoms with Crippen LogP contribution in [-0.4, -0.2) is 68.7 Å². The van der Waals surface area contributed by atoms with Gasteiger partial charge in [0.25, 0.3) is 0 Å². The zero-order chi connectivity index (χ0) is 20.4. The zero-order valence-corrected chi connectivity index (χ0v) is 18.4. The minimum atomic E-state index is 0.154. The molecule has 1 fully saturated rings. The number of hydrogen-bond acceptors (Lipinski definition) is 4. The number of likely N-dealkylation sites (tertiary alicyclic amines) is 1. The van der Waals surface area contributed by atoms with Gasteiger partial charge in [0.1, 0.15) is 0 Å². The van der Waals surface area contributed by atoms with Gasteiger partial charge in [-0.1, -0.05) is 23.7 Å². The van der Waals surface area contributed by atoms with Crippen molar-refractivity contribution in [1.29, 1.82) is 0 Å². The number of ether oxygens (including phenoxy) is 1. The smallest absolute Gasteiger partial charge is 0.220 e. The minimum Gasteiger partial charge on any atom is -0.382 e. The number of rotatable bonds is 11. The molecule has 0 spiro atoms. The van der Waals surface area contributed by atoms with Crippen LogP contribution >= 0.6 is 11.6 Å². The summed E-state index contributed by atoms with van der Waals surface area (Å²) in [4.78, 5) is 17.0. The molecule has 0 unspecified atom stereocenters. The van der Waals surface area contributed by atoms with Gasteiger partial charge in [-0.3, -0.25) is 9.69 Å². The molecule has 28 heavy (non-hydrogen) atoms. The van der Waals surface area contributed by atoms with Crippen LogP contribution in [0.3, 0.4) is 0 Å². The lowest BCUT2D eigenvalue weighted by atomic mass is 9.87. The molecule has 1 N–H and O–H groups in total. The van der Waals surface area contributed by atoms with Crippen LogP contribution in [0.1, 0.15) is 38.2 Å². The largest absolute Gasteiger partial charge is 0.382 e. The summed E-state index contributed by atoms with van der Waals surface area (Å²) in [5.74, 6) is 0.651. The number of benzene rings is 1. The van der Waals surface area contributed by atoms with E-state index in [2.05, 4.69) is 35.3 Å². The maximum atomic E-state index is 12.2. The molecular weight excluding hydrogens is 374 g/mol. The predicted octanol–water partition coefficient (Wildman–Crippen LogP) is 3.42. The third-order valence-electron chi connectivity index (χ3n) is 5.47. The third kappa shape index (κ3) is 8.08. The molecule has 1 heterocycles. The van der Waals surface area contributed by atoms with Gasteiger partial charge >= 0.3 is 0 Å². The second-order valence-corrected chi connectivity index (χ2v) is 8.32. The topological polar surface area (TPSA) is 44.8 Å². The predicted molar refractivity (Wildman–Crippen MR) is 116 cm³/mol. The summed E-state index contributed by atoms with van der Waals surface area (Å²) >= 11 is 6.13. The summed E-state index contributed by atoms with van der Waals surface area (Å²) in [7, 11) is 4.30. The molecule has 6 heteroatoms. The molecule has 1 amide bonds. The Morgan fingerprint density at radius 1 is 1.39 bits per heavy atom. The lowest BCUT2D eigenvalue weighted by molar-refractivity contribution is -0.121. The van der Waals surface area contributed by atoms with Crippen LogP contribution in [-0.2, 0) is 16.1 Å². The van der Waals surface area contributed by atoms with E-state index in [-0.39, 0.29) is 5.91 Å². The first-order valence-electron chi connectivity index (χ1n) is 10.5. The average Bonchev–Trinajstić information content (AvgIpc) is 2.66. The van der Waals surface area contributed by atoms with Crippen LogP contribution in [0, 0.1) is 5.92 Å². The van der Waals surface area contributed by atoms with E-state index in [1.165, 1.54) is 5.56 Å². The number of amides is 1. The van der Waals surface area contributed by atoms with Crippen molar-refractivity contribution < 1.29 is 9.53 Å². The second-order valence-electron chi connectivity index (χ2n) is 7.88. The Morgan fingerprint density at radius 3 is 2.93 bits per heavy atom. The summed E-state index contributed by atoms with van der Waals surface area (Å²) in [6, 6.07) is 8.64. The van der Waals surface area contributed by atoms with Crippen molar-refractivity contribution >= 4 is 17.5 Å². The number of carbonyl (C=O) groups excluding carboxylic acids is 1. The number of hydrogen-bond donors (Lipinski definition) is 1. The normalized spacial score (nSPS) is 20.5. The van der Waals surface area contributed by atoms with E-state index in [4.69, 9.17) is 16.3 Å². The Bertz CT molecular complexity index is 597. The number of piperidine rings is 1. The third-order valence-corrected chi connectivity index (χ3v) is 5.71. The number of nitrogens with one attached hydrogen (secondary N) is 1. The molecule has 1 aromatic rings. The van der Waals surface area contributed by atoms with Gasteiger partial charge in [-0.05, 0) is 70.4 Å². The second kappa shape index (κ2) is 12.4. The molecule has 0 saturated carbocycles. The molecule has 0 aromatic heterocycles. The molecule has 1 saturated heterocycles. The van der Waals surface area contributed by atoms with Gasteiger partial charge in [0.2, 0.25) is 5.91 Å². The highest BCUT2D eigenvalue weighted by molar-refractivity contribution is 6.30. The highest BCUT2D eigenvalue weighted by atomic mass is 35.5. The molecule has 0 aliphatic carbocycles. The molecule has 2 rings (SSSR count). The van der Waals surface area contributed by atoms with Crippen molar-refractivity contribution in [2.24, 2.45) is 5.92 Å². The van der Waals surface area contributed by atoms with E-state index in [1.54, 1.807) is 0 Å². The molecule has 1 aromatic carbocycles. The fraction of sp³-hybridized carbons (Fsp3) is 0.682. The van der Waals surface area contributed by atoms with Crippen molar-refractivity contribution in [3.63, 3.8) is 0 Å². The van der Waals surface area contributed by atoms with Gasteiger partial charge in [0.15, 0.2) is 0 Å². The van der Waals surface area contributed by atoms with Gasteiger partial charge in [-0.2, -0.15) is 0 Å². The number of nitrogens with zero attached hydrogens (tertiary/aromatic N) is 2. The van der Waals surface area contributed by atoms with Crippen molar-refractivity contribution in [2.45, 2.75) is 45.2 Å². The van der Waals surface area contributed by atoms with E-state index in [0.29, 0.717) is 31.5 Å². The van der Waals surface area contributed by atoms with Gasteiger partial charge < -0.3 is 15.0 Å². The van der Waals surface area contributed by atoms with Crippen molar-refractivity contribution in [2.75, 3.05) is 46.9 Å². The molecule has 0 bridgehead atoms. The van der Waals surface area contributed by atoms with Crippen molar-refractivity contribution in [1.82, 2.24) is 15.1 Å². The van der Waals surface area contributed by atoms with Crippen LogP contribution < -0.4 is 5.32 Å². The molecule has 5 nitrogen and oxygen atoms in total. The lowest BCUT2D eigenvalue weighted by Gasteiger charge is -2.41. The maximum absolute atomic E-state index is 12.2. The highest BCUT2D eigenvalue weighted by Crippen LogP contribution is 2.26. The first-order valence-corrected chi connectivity index (χ1v) is 10.8. The van der Waals surface area contributed by atoms with Crippen LogP contribution in [0.4, 0.5) is 0 Å². The fourth-order valence-electron chi connectivity index (χ4n) is 4.05. The highest BCUT2D eigenvalue weighted by Gasteiger charge is 2.30. The van der Waals surface area contributed by atoms with Crippen molar-refractivity contribution in [3.05, 3.63) is 34.9 Å². The SMILES string of the molecule is CCOCCCNC(=O)CC[C@H]1CN(Cc2cccc(Cl)c2)CC[C@H]1N(C)C. The molecule has 1 aliphatic rings. The van der Waals surface area contributed by atoms with Crippen LogP contribution in [0.5, 0.6) is 0 Å². The van der Waals surface area contributed by atoms with E-state index in [9.17, 15) is 4.79 Å². The Morgan fingerprint density at radius 2 is 2.21 bits per heavy atom. The first kappa shape index (κ1) is 23.1. The quantitative estimate of drug-likeness (QED) is 0.569. The standard InChI is InChI=1S/C22H36ClN3O2/c1-4-28-14-6-12-24-22(27)10-9-19-17-26(13-11-21(19)25(2)3)16-18-7-5-8-20(23)15-18/h5,7-8,15,19,21H,4,6,9-14,16-17H2,1-3H3,(H,24,27)/t19-,21+/m0/s1. The minimum absolute atomic E-state index is 0.154. The fourth-order valence-corrected chi connectivity index (χ4v) is 4.26. The average molecular weight is 410 g/mol. The Hall–Kier alpha value is -1.14. The Kier molecular flexibility index (Phi) is 10.3. The summed E-state index contributed by atoms with van der Waals surface area (Å²) < 4.78 is 5.31. The molecule has 1 aliphatic heterocycles. The first-order chi connectivity index (χ1) is 13.5. The summed E-state index contributed by atoms with van der Waals surface area (Å²) in [5, 5.41) is 3.81. The Labute approximate surface area is 175 Å². The lowest BCUT2D eigenvalue weighted by Crippen LogP contribution is -2.48. The van der Waals surface area contributed by atoms with Gasteiger partial charge in [-0.25, -0.2) is 0 Å². The number of halogens is 1. The van der Waals surface area contributed by atoms with Gasteiger partial charge in [-0.15, -0.1) is 0 Å².